The third-order valence-corrected chi connectivity index (χ3v) is 2.82. The molecule has 1 aromatic carbocycles. The Hall–Kier alpha value is -0.860. The van der Waals surface area contributed by atoms with Crippen molar-refractivity contribution < 1.29 is 5.11 Å². The van der Waals surface area contributed by atoms with Gasteiger partial charge in [0.1, 0.15) is 0 Å². The summed E-state index contributed by atoms with van der Waals surface area (Å²) >= 11 is 0. The van der Waals surface area contributed by atoms with Crippen molar-refractivity contribution >= 4 is 0 Å². The molecule has 1 rings (SSSR count). The first-order chi connectivity index (χ1) is 7.76. The molecule has 1 aromatic rings. The molecule has 2 N–H and O–H groups in total. The minimum Gasteiger partial charge on any atom is -0.392 e. The lowest BCUT2D eigenvalue weighted by Gasteiger charge is -2.13. The number of nitrogens with one attached hydrogen (secondary N) is 1. The first kappa shape index (κ1) is 13.2. The second kappa shape index (κ2) is 7.42. The molecule has 0 amide bonds. The zero-order valence-electron chi connectivity index (χ0n) is 10.4. The van der Waals surface area contributed by atoms with Gasteiger partial charge in [0.25, 0.3) is 0 Å². The fourth-order valence-electron chi connectivity index (χ4n) is 1.74. The first-order valence-corrected chi connectivity index (χ1v) is 6.18. The van der Waals surface area contributed by atoms with Crippen molar-refractivity contribution in [3.05, 3.63) is 35.4 Å². The van der Waals surface area contributed by atoms with E-state index in [9.17, 15) is 0 Å². The molecule has 0 aliphatic heterocycles. The van der Waals surface area contributed by atoms with E-state index >= 15 is 0 Å². The van der Waals surface area contributed by atoms with Gasteiger partial charge in [-0.05, 0) is 24.5 Å². The molecule has 0 heterocycles. The summed E-state index contributed by atoms with van der Waals surface area (Å²) in [6.07, 6.45) is 3.77. The highest BCUT2D eigenvalue weighted by molar-refractivity contribution is 5.22. The molecule has 0 saturated carbocycles. The summed E-state index contributed by atoms with van der Waals surface area (Å²) in [5.41, 5.74) is 2.23. The van der Waals surface area contributed by atoms with Crippen molar-refractivity contribution in [3.63, 3.8) is 0 Å². The van der Waals surface area contributed by atoms with Crippen molar-refractivity contribution in [3.8, 4) is 0 Å². The maximum Gasteiger partial charge on any atom is 0.0681 e. The molecule has 0 radical (unpaired) electrons. The Morgan fingerprint density at radius 2 is 2.06 bits per heavy atom. The molecule has 0 spiro atoms. The van der Waals surface area contributed by atoms with Gasteiger partial charge in [0.05, 0.1) is 6.61 Å². The number of hydrogen-bond donors (Lipinski definition) is 2. The van der Waals surface area contributed by atoms with Crippen molar-refractivity contribution in [1.29, 1.82) is 0 Å². The van der Waals surface area contributed by atoms with Crippen molar-refractivity contribution in [2.24, 2.45) is 0 Å². The second-order valence-corrected chi connectivity index (χ2v) is 4.40. The topological polar surface area (TPSA) is 32.3 Å². The van der Waals surface area contributed by atoms with Gasteiger partial charge in [0.2, 0.25) is 0 Å². The van der Waals surface area contributed by atoms with E-state index in [-0.39, 0.29) is 6.61 Å². The Bertz CT molecular complexity index is 299. The van der Waals surface area contributed by atoms with Crippen LogP contribution in [0.1, 0.15) is 44.2 Å². The zero-order chi connectivity index (χ0) is 11.8. The Labute approximate surface area is 98.7 Å². The fraction of sp³-hybridized carbons (Fsp3) is 0.571. The predicted molar refractivity (Wildman–Crippen MR) is 68.2 cm³/mol. The Morgan fingerprint density at radius 1 is 1.31 bits per heavy atom. The molecule has 2 heteroatoms. The summed E-state index contributed by atoms with van der Waals surface area (Å²) in [4.78, 5) is 0. The SMILES string of the molecule is CCCCC(C)NCc1cccc(CO)c1. The van der Waals surface area contributed by atoms with Crippen molar-refractivity contribution in [2.45, 2.75) is 52.3 Å². The molecule has 90 valence electrons. The van der Waals surface area contributed by atoms with Gasteiger partial charge in [-0.15, -0.1) is 0 Å². The van der Waals surface area contributed by atoms with E-state index in [1.54, 1.807) is 0 Å². The van der Waals surface area contributed by atoms with Gasteiger partial charge in [-0.1, -0.05) is 44.0 Å². The molecular weight excluding hydrogens is 198 g/mol. The van der Waals surface area contributed by atoms with Crippen molar-refractivity contribution in [2.75, 3.05) is 0 Å². The van der Waals surface area contributed by atoms with E-state index in [1.807, 2.05) is 12.1 Å². The van der Waals surface area contributed by atoms with Crippen LogP contribution in [0.15, 0.2) is 24.3 Å². The number of hydrogen-bond acceptors (Lipinski definition) is 2. The first-order valence-electron chi connectivity index (χ1n) is 6.18. The standard InChI is InChI=1S/C14H23NO/c1-3-4-6-12(2)15-10-13-7-5-8-14(9-13)11-16/h5,7-9,12,15-16H,3-4,6,10-11H2,1-2H3. The van der Waals surface area contributed by atoms with E-state index in [4.69, 9.17) is 5.11 Å². The number of unbranched alkanes of at least 4 members (excludes halogenated alkanes) is 1. The molecule has 16 heavy (non-hydrogen) atoms. The van der Waals surface area contributed by atoms with Crippen LogP contribution in [0.5, 0.6) is 0 Å². The smallest absolute Gasteiger partial charge is 0.0681 e. The third kappa shape index (κ3) is 4.77. The van der Waals surface area contributed by atoms with Gasteiger partial charge < -0.3 is 10.4 Å². The Morgan fingerprint density at radius 3 is 2.75 bits per heavy atom. The Balaban J connectivity index is 2.35. The van der Waals surface area contributed by atoms with Gasteiger partial charge in [-0.2, -0.15) is 0 Å². The van der Waals surface area contributed by atoms with Crippen LogP contribution in [0.4, 0.5) is 0 Å². The minimum atomic E-state index is 0.124. The van der Waals surface area contributed by atoms with Crippen LogP contribution in [-0.2, 0) is 13.2 Å². The summed E-state index contributed by atoms with van der Waals surface area (Å²) in [6, 6.07) is 8.67. The summed E-state index contributed by atoms with van der Waals surface area (Å²) in [7, 11) is 0. The average molecular weight is 221 g/mol. The predicted octanol–water partition coefficient (Wildman–Crippen LogP) is 2.85. The van der Waals surface area contributed by atoms with E-state index < -0.39 is 0 Å². The van der Waals surface area contributed by atoms with Crippen LogP contribution in [0.2, 0.25) is 0 Å². The van der Waals surface area contributed by atoms with Crippen LogP contribution in [0.3, 0.4) is 0 Å². The van der Waals surface area contributed by atoms with E-state index in [1.165, 1.54) is 24.8 Å². The molecule has 0 aromatic heterocycles. The molecule has 0 aliphatic carbocycles. The highest BCUT2D eigenvalue weighted by atomic mass is 16.3. The largest absolute Gasteiger partial charge is 0.392 e. The minimum absolute atomic E-state index is 0.124. The average Bonchev–Trinajstić information content (AvgIpc) is 2.34. The quantitative estimate of drug-likeness (QED) is 0.742. The van der Waals surface area contributed by atoms with Crippen LogP contribution in [-0.4, -0.2) is 11.1 Å². The molecule has 0 aliphatic rings. The third-order valence-electron chi connectivity index (χ3n) is 2.82. The van der Waals surface area contributed by atoms with E-state index in [0.29, 0.717) is 6.04 Å². The summed E-state index contributed by atoms with van der Waals surface area (Å²) in [5, 5.41) is 12.5. The van der Waals surface area contributed by atoms with Crippen LogP contribution < -0.4 is 5.32 Å². The molecule has 1 atom stereocenters. The lowest BCUT2D eigenvalue weighted by Crippen LogP contribution is -2.25. The van der Waals surface area contributed by atoms with Crippen LogP contribution in [0, 0.1) is 0 Å². The second-order valence-electron chi connectivity index (χ2n) is 4.40. The number of aliphatic hydroxyl groups is 1. The van der Waals surface area contributed by atoms with Gasteiger partial charge in [0, 0.05) is 12.6 Å². The molecule has 1 unspecified atom stereocenters. The summed E-state index contributed by atoms with van der Waals surface area (Å²) in [6.45, 7) is 5.46. The van der Waals surface area contributed by atoms with Crippen LogP contribution >= 0.6 is 0 Å². The molecular formula is C14H23NO. The van der Waals surface area contributed by atoms with Gasteiger partial charge in [-0.25, -0.2) is 0 Å². The van der Waals surface area contributed by atoms with Gasteiger partial charge in [0.15, 0.2) is 0 Å². The fourth-order valence-corrected chi connectivity index (χ4v) is 1.74. The highest BCUT2D eigenvalue weighted by Crippen LogP contribution is 2.06. The molecule has 2 nitrogen and oxygen atoms in total. The molecule has 0 bridgehead atoms. The highest BCUT2D eigenvalue weighted by Gasteiger charge is 2.01. The maximum absolute atomic E-state index is 9.04. The van der Waals surface area contributed by atoms with E-state index in [0.717, 1.165) is 12.1 Å². The van der Waals surface area contributed by atoms with Gasteiger partial charge >= 0.3 is 0 Å². The number of rotatable bonds is 7. The van der Waals surface area contributed by atoms with Crippen LogP contribution in [0.25, 0.3) is 0 Å². The monoisotopic (exact) mass is 221 g/mol. The number of benzene rings is 1. The maximum atomic E-state index is 9.04. The summed E-state index contributed by atoms with van der Waals surface area (Å²) in [5.74, 6) is 0. The lowest BCUT2D eigenvalue weighted by atomic mass is 10.1. The van der Waals surface area contributed by atoms with E-state index in [2.05, 4.69) is 31.3 Å². The van der Waals surface area contributed by atoms with Crippen molar-refractivity contribution in [1.82, 2.24) is 5.32 Å². The summed E-state index contributed by atoms with van der Waals surface area (Å²) < 4.78 is 0. The Kier molecular flexibility index (Phi) is 6.12. The van der Waals surface area contributed by atoms with Gasteiger partial charge in [-0.3, -0.25) is 0 Å². The normalized spacial score (nSPS) is 12.7. The molecule has 0 saturated heterocycles. The lowest BCUT2D eigenvalue weighted by molar-refractivity contribution is 0.281. The zero-order valence-corrected chi connectivity index (χ0v) is 10.4. The number of aliphatic hydroxyl groups excluding tert-OH is 1. The molecule has 0 fully saturated rings.